The Balaban J connectivity index is 1.73. The predicted molar refractivity (Wildman–Crippen MR) is 97.6 cm³/mol. The van der Waals surface area contributed by atoms with Gasteiger partial charge in [-0.05, 0) is 24.6 Å². The fourth-order valence-corrected chi connectivity index (χ4v) is 4.05. The number of pyridine rings is 1. The molecule has 0 amide bonds. The first-order valence-corrected chi connectivity index (χ1v) is 8.73. The summed E-state index contributed by atoms with van der Waals surface area (Å²) in [4.78, 5) is 19.1. The van der Waals surface area contributed by atoms with Gasteiger partial charge < -0.3 is 14.7 Å². The molecule has 3 aliphatic rings. The molecule has 5 heteroatoms. The molecule has 0 unspecified atom stereocenters. The van der Waals surface area contributed by atoms with Gasteiger partial charge in [0.2, 0.25) is 0 Å². The number of fused-ring (bicyclic) bond motifs is 4. The molecular weight excluding hydrogens is 328 g/mol. The standard InChI is InChI=1S/C21H18N2O3/c1-3-21(25)16-9-18-19-14(8-13-6-4-5-7-17(13)22-19)10-23(18)12(2)15(16)11-26-20(21)24/h4-9,25H,2-3,10-11H2,1H3/t21-/m0/s1. The van der Waals surface area contributed by atoms with E-state index in [-0.39, 0.29) is 13.0 Å². The van der Waals surface area contributed by atoms with Crippen molar-refractivity contribution >= 4 is 22.6 Å². The number of benzene rings is 1. The van der Waals surface area contributed by atoms with Gasteiger partial charge in [0.1, 0.15) is 6.61 Å². The topological polar surface area (TPSA) is 62.7 Å². The van der Waals surface area contributed by atoms with Crippen molar-refractivity contribution in [2.75, 3.05) is 6.61 Å². The summed E-state index contributed by atoms with van der Waals surface area (Å²) in [5, 5.41) is 12.0. The first-order chi connectivity index (χ1) is 12.5. The van der Waals surface area contributed by atoms with Crippen molar-refractivity contribution < 1.29 is 14.6 Å². The summed E-state index contributed by atoms with van der Waals surface area (Å²) in [7, 11) is 0. The molecule has 0 saturated carbocycles. The van der Waals surface area contributed by atoms with Gasteiger partial charge in [0.25, 0.3) is 0 Å². The molecule has 1 N–H and O–H groups in total. The Labute approximate surface area is 150 Å². The number of rotatable bonds is 1. The Kier molecular flexibility index (Phi) is 2.98. The molecule has 130 valence electrons. The highest BCUT2D eigenvalue weighted by Crippen LogP contribution is 2.46. The molecule has 0 aliphatic carbocycles. The summed E-state index contributed by atoms with van der Waals surface area (Å²) in [5.74, 6) is -0.596. The number of nitrogens with zero attached hydrogens (tertiary/aromatic N) is 2. The zero-order chi connectivity index (χ0) is 18.1. The molecule has 2 aromatic rings. The van der Waals surface area contributed by atoms with Crippen LogP contribution in [0.15, 0.2) is 59.8 Å². The molecule has 1 atom stereocenters. The second kappa shape index (κ2) is 5.05. The van der Waals surface area contributed by atoms with Gasteiger partial charge in [-0.15, -0.1) is 0 Å². The molecule has 5 nitrogen and oxygen atoms in total. The van der Waals surface area contributed by atoms with Crippen LogP contribution in [-0.4, -0.2) is 33.2 Å². The van der Waals surface area contributed by atoms with E-state index in [1.807, 2.05) is 24.3 Å². The van der Waals surface area contributed by atoms with Crippen molar-refractivity contribution in [2.45, 2.75) is 25.5 Å². The van der Waals surface area contributed by atoms with Crippen LogP contribution in [-0.2, 0) is 16.1 Å². The number of para-hydroxylation sites is 1. The van der Waals surface area contributed by atoms with Crippen molar-refractivity contribution in [2.24, 2.45) is 0 Å². The molecule has 5 rings (SSSR count). The molecule has 0 spiro atoms. The van der Waals surface area contributed by atoms with E-state index in [0.29, 0.717) is 12.1 Å². The molecular formula is C21H18N2O3. The maximum atomic E-state index is 12.2. The van der Waals surface area contributed by atoms with E-state index in [1.165, 1.54) is 0 Å². The van der Waals surface area contributed by atoms with Gasteiger partial charge in [-0.3, -0.25) is 0 Å². The Morgan fingerprint density at radius 3 is 3.00 bits per heavy atom. The quantitative estimate of drug-likeness (QED) is 0.805. The number of carbonyl (C=O) groups excluding carboxylic acids is 1. The Morgan fingerprint density at radius 1 is 1.38 bits per heavy atom. The minimum Gasteiger partial charge on any atom is -0.458 e. The van der Waals surface area contributed by atoms with Gasteiger partial charge in [-0.25, -0.2) is 9.78 Å². The Hall–Kier alpha value is -2.92. The van der Waals surface area contributed by atoms with Crippen molar-refractivity contribution in [3.63, 3.8) is 0 Å². The van der Waals surface area contributed by atoms with Crippen LogP contribution in [0.2, 0.25) is 0 Å². The smallest absolute Gasteiger partial charge is 0.343 e. The molecule has 0 fully saturated rings. The van der Waals surface area contributed by atoms with Crippen LogP contribution in [0.5, 0.6) is 0 Å². The normalized spacial score (nSPS) is 24.2. The molecule has 4 heterocycles. The minimum atomic E-state index is -1.63. The first kappa shape index (κ1) is 15.3. The number of hydrogen-bond donors (Lipinski definition) is 1. The molecule has 0 saturated heterocycles. The average molecular weight is 346 g/mol. The SMILES string of the molecule is C=C1C2=C(C=C3c4nc5ccccc5cc4CN13)[C@@](O)(CC)C(=O)OC2. The largest absolute Gasteiger partial charge is 0.458 e. The second-order valence-corrected chi connectivity index (χ2v) is 6.93. The number of hydrogen-bond acceptors (Lipinski definition) is 5. The van der Waals surface area contributed by atoms with Crippen molar-refractivity contribution in [1.29, 1.82) is 0 Å². The molecule has 0 bridgehead atoms. The lowest BCUT2D eigenvalue weighted by Crippen LogP contribution is -2.47. The highest BCUT2D eigenvalue weighted by molar-refractivity contribution is 5.91. The number of esters is 1. The van der Waals surface area contributed by atoms with Crippen LogP contribution >= 0.6 is 0 Å². The lowest BCUT2D eigenvalue weighted by Gasteiger charge is -2.39. The minimum absolute atomic E-state index is 0.140. The highest BCUT2D eigenvalue weighted by Gasteiger charge is 2.47. The van der Waals surface area contributed by atoms with Gasteiger partial charge in [0.05, 0.1) is 23.5 Å². The van der Waals surface area contributed by atoms with Gasteiger partial charge in [-0.1, -0.05) is 31.7 Å². The summed E-state index contributed by atoms with van der Waals surface area (Å²) in [5.41, 5.74) is 4.32. The Bertz CT molecular complexity index is 1070. The lowest BCUT2D eigenvalue weighted by atomic mass is 9.82. The predicted octanol–water partition coefficient (Wildman–Crippen LogP) is 2.91. The van der Waals surface area contributed by atoms with Crippen molar-refractivity contribution in [1.82, 2.24) is 9.88 Å². The van der Waals surface area contributed by atoms with Crippen LogP contribution in [0, 0.1) is 0 Å². The lowest BCUT2D eigenvalue weighted by molar-refractivity contribution is -0.162. The van der Waals surface area contributed by atoms with E-state index in [4.69, 9.17) is 9.72 Å². The summed E-state index contributed by atoms with van der Waals surface area (Å²) in [6.45, 7) is 6.81. The number of ether oxygens (including phenoxy) is 1. The van der Waals surface area contributed by atoms with Gasteiger partial charge >= 0.3 is 5.97 Å². The third-order valence-corrected chi connectivity index (χ3v) is 5.59. The molecule has 1 aromatic heterocycles. The third kappa shape index (κ3) is 1.83. The van der Waals surface area contributed by atoms with Crippen LogP contribution < -0.4 is 0 Å². The van der Waals surface area contributed by atoms with Gasteiger partial charge in [0.15, 0.2) is 5.60 Å². The van der Waals surface area contributed by atoms with Crippen LogP contribution in [0.25, 0.3) is 16.6 Å². The van der Waals surface area contributed by atoms with Crippen LogP contribution in [0.3, 0.4) is 0 Å². The molecule has 26 heavy (non-hydrogen) atoms. The van der Waals surface area contributed by atoms with E-state index in [2.05, 4.69) is 23.6 Å². The Morgan fingerprint density at radius 2 is 2.19 bits per heavy atom. The fraction of sp³-hybridized carbons (Fsp3) is 0.238. The summed E-state index contributed by atoms with van der Waals surface area (Å²) in [6, 6.07) is 10.2. The molecule has 0 radical (unpaired) electrons. The summed E-state index contributed by atoms with van der Waals surface area (Å²) in [6.07, 6.45) is 2.14. The second-order valence-electron chi connectivity index (χ2n) is 6.93. The number of aromatic nitrogens is 1. The zero-order valence-electron chi connectivity index (χ0n) is 14.5. The summed E-state index contributed by atoms with van der Waals surface area (Å²) >= 11 is 0. The maximum absolute atomic E-state index is 12.2. The van der Waals surface area contributed by atoms with E-state index in [1.54, 1.807) is 6.92 Å². The van der Waals surface area contributed by atoms with Crippen molar-refractivity contribution in [3.8, 4) is 0 Å². The average Bonchev–Trinajstić information content (AvgIpc) is 3.01. The number of cyclic esters (lactones) is 1. The van der Waals surface area contributed by atoms with E-state index >= 15 is 0 Å². The molecule has 3 aliphatic heterocycles. The fourth-order valence-electron chi connectivity index (χ4n) is 4.05. The summed E-state index contributed by atoms with van der Waals surface area (Å²) < 4.78 is 5.23. The number of carbonyl (C=O) groups is 1. The van der Waals surface area contributed by atoms with Gasteiger partial charge in [-0.2, -0.15) is 0 Å². The van der Waals surface area contributed by atoms with Crippen molar-refractivity contribution in [3.05, 3.63) is 71.1 Å². The van der Waals surface area contributed by atoms with Crippen LogP contribution in [0.1, 0.15) is 24.6 Å². The molecule has 1 aromatic carbocycles. The highest BCUT2D eigenvalue weighted by atomic mass is 16.6. The van der Waals surface area contributed by atoms with E-state index in [0.717, 1.165) is 39.1 Å². The van der Waals surface area contributed by atoms with E-state index in [9.17, 15) is 9.90 Å². The third-order valence-electron chi connectivity index (χ3n) is 5.59. The number of aliphatic hydroxyl groups is 1. The first-order valence-electron chi connectivity index (χ1n) is 8.73. The van der Waals surface area contributed by atoms with E-state index < -0.39 is 11.6 Å². The van der Waals surface area contributed by atoms with Gasteiger partial charge in [0, 0.05) is 27.8 Å². The maximum Gasteiger partial charge on any atom is 0.343 e. The monoisotopic (exact) mass is 346 g/mol. The zero-order valence-corrected chi connectivity index (χ0v) is 14.5. The van der Waals surface area contributed by atoms with Crippen LogP contribution in [0.4, 0.5) is 0 Å².